The molecule has 0 spiro atoms. The molecular weight excluding hydrogens is 415 g/mol. The van der Waals surface area contributed by atoms with Crippen molar-refractivity contribution >= 4 is 54.2 Å². The van der Waals surface area contributed by atoms with Crippen molar-refractivity contribution in [1.82, 2.24) is 0 Å². The lowest BCUT2D eigenvalue weighted by Gasteiger charge is -2.12. The summed E-state index contributed by atoms with van der Waals surface area (Å²) in [5.74, 6) is 1.48. The van der Waals surface area contributed by atoms with Gasteiger partial charge in [-0.25, -0.2) is 0 Å². The van der Waals surface area contributed by atoms with Crippen molar-refractivity contribution in [3.63, 3.8) is 0 Å². The van der Waals surface area contributed by atoms with E-state index in [4.69, 9.17) is 16.3 Å². The van der Waals surface area contributed by atoms with Crippen LogP contribution in [0.25, 0.3) is 10.8 Å². The van der Waals surface area contributed by atoms with E-state index in [0.29, 0.717) is 16.1 Å². The summed E-state index contributed by atoms with van der Waals surface area (Å²) in [6, 6.07) is 17.9. The normalized spacial score (nSPS) is 10.8. The summed E-state index contributed by atoms with van der Waals surface area (Å²) in [6.07, 6.45) is 0. The zero-order chi connectivity index (χ0) is 14.8. The van der Waals surface area contributed by atoms with Gasteiger partial charge < -0.3 is 4.74 Å². The highest BCUT2D eigenvalue weighted by atomic mass is 79.9. The number of ether oxygens (including phenoxy) is 1. The Morgan fingerprint density at radius 2 is 1.71 bits per heavy atom. The summed E-state index contributed by atoms with van der Waals surface area (Å²) in [4.78, 5) is 0. The topological polar surface area (TPSA) is 9.23 Å². The molecule has 106 valence electrons. The van der Waals surface area contributed by atoms with Crippen LogP contribution in [0.4, 0.5) is 0 Å². The van der Waals surface area contributed by atoms with Gasteiger partial charge in [-0.3, -0.25) is 0 Å². The molecule has 0 N–H and O–H groups in total. The predicted octanol–water partition coefficient (Wildman–Crippen LogP) is 6.94. The number of alkyl halides is 1. The molecule has 0 atom stereocenters. The third-order valence-electron chi connectivity index (χ3n) is 3.19. The van der Waals surface area contributed by atoms with Crippen LogP contribution >= 0.6 is 43.5 Å². The Labute approximate surface area is 145 Å². The molecule has 0 aliphatic heterocycles. The number of rotatable bonds is 3. The van der Waals surface area contributed by atoms with Crippen molar-refractivity contribution in [3.05, 3.63) is 69.7 Å². The van der Waals surface area contributed by atoms with Crippen molar-refractivity contribution in [2.24, 2.45) is 0 Å². The van der Waals surface area contributed by atoms with Gasteiger partial charge in [-0.2, -0.15) is 0 Å². The van der Waals surface area contributed by atoms with Crippen molar-refractivity contribution < 1.29 is 4.74 Å². The molecule has 1 nitrogen and oxygen atoms in total. The molecule has 0 amide bonds. The Morgan fingerprint density at radius 3 is 2.52 bits per heavy atom. The molecule has 3 rings (SSSR count). The van der Waals surface area contributed by atoms with Crippen LogP contribution in [0.1, 0.15) is 5.56 Å². The van der Waals surface area contributed by atoms with Gasteiger partial charge in [0, 0.05) is 15.4 Å². The van der Waals surface area contributed by atoms with Crippen LogP contribution in [0.15, 0.2) is 59.1 Å². The maximum Gasteiger partial charge on any atom is 0.150 e. The monoisotopic (exact) mass is 424 g/mol. The maximum absolute atomic E-state index is 6.25. The van der Waals surface area contributed by atoms with E-state index in [2.05, 4.69) is 44.0 Å². The predicted molar refractivity (Wildman–Crippen MR) is 95.8 cm³/mol. The van der Waals surface area contributed by atoms with Gasteiger partial charge in [0.1, 0.15) is 11.5 Å². The van der Waals surface area contributed by atoms with E-state index in [1.165, 1.54) is 0 Å². The largest absolute Gasteiger partial charge is 0.455 e. The van der Waals surface area contributed by atoms with Crippen LogP contribution in [0.2, 0.25) is 5.02 Å². The molecule has 0 radical (unpaired) electrons. The van der Waals surface area contributed by atoms with Gasteiger partial charge in [-0.05, 0) is 41.1 Å². The standard InChI is InChI=1S/C17H11Br2ClO/c18-10-13-2-1-3-16(20)17(13)21-15-7-5-11-8-14(19)6-4-12(11)9-15/h1-9H,10H2. The Balaban J connectivity index is 2.00. The molecule has 3 aromatic carbocycles. The molecule has 0 bridgehead atoms. The van der Waals surface area contributed by atoms with E-state index >= 15 is 0 Å². The van der Waals surface area contributed by atoms with E-state index in [-0.39, 0.29) is 0 Å². The van der Waals surface area contributed by atoms with Crippen LogP contribution in [-0.4, -0.2) is 0 Å². The highest BCUT2D eigenvalue weighted by Gasteiger charge is 2.09. The van der Waals surface area contributed by atoms with Gasteiger partial charge in [-0.1, -0.05) is 67.7 Å². The minimum atomic E-state index is 0.614. The van der Waals surface area contributed by atoms with Gasteiger partial charge in [0.15, 0.2) is 0 Å². The van der Waals surface area contributed by atoms with Crippen molar-refractivity contribution in [2.75, 3.05) is 0 Å². The van der Waals surface area contributed by atoms with Crippen LogP contribution in [0, 0.1) is 0 Å². The highest BCUT2D eigenvalue weighted by molar-refractivity contribution is 9.10. The van der Waals surface area contributed by atoms with E-state index in [1.807, 2.05) is 42.5 Å². The molecular formula is C17H11Br2ClO. The first-order valence-electron chi connectivity index (χ1n) is 6.38. The number of benzene rings is 3. The molecule has 0 saturated carbocycles. The second-order valence-electron chi connectivity index (χ2n) is 4.62. The number of fused-ring (bicyclic) bond motifs is 1. The van der Waals surface area contributed by atoms with Crippen LogP contribution in [0.5, 0.6) is 11.5 Å². The molecule has 0 unspecified atom stereocenters. The van der Waals surface area contributed by atoms with Crippen LogP contribution in [-0.2, 0) is 5.33 Å². The molecule has 0 saturated heterocycles. The van der Waals surface area contributed by atoms with E-state index < -0.39 is 0 Å². The summed E-state index contributed by atoms with van der Waals surface area (Å²) in [5, 5.41) is 3.60. The fourth-order valence-corrected chi connectivity index (χ4v) is 3.20. The third-order valence-corrected chi connectivity index (χ3v) is 4.58. The van der Waals surface area contributed by atoms with E-state index in [1.54, 1.807) is 0 Å². The highest BCUT2D eigenvalue weighted by Crippen LogP contribution is 2.35. The number of hydrogen-bond acceptors (Lipinski definition) is 1. The first-order chi connectivity index (χ1) is 10.2. The lowest BCUT2D eigenvalue weighted by Crippen LogP contribution is -1.90. The van der Waals surface area contributed by atoms with E-state index in [0.717, 1.165) is 26.6 Å². The Bertz CT molecular complexity index is 802. The fraction of sp³-hybridized carbons (Fsp3) is 0.0588. The van der Waals surface area contributed by atoms with Gasteiger partial charge in [0.2, 0.25) is 0 Å². The molecule has 0 heterocycles. The van der Waals surface area contributed by atoms with Crippen LogP contribution < -0.4 is 4.74 Å². The second kappa shape index (κ2) is 6.39. The summed E-state index contributed by atoms with van der Waals surface area (Å²) < 4.78 is 7.06. The smallest absolute Gasteiger partial charge is 0.150 e. The Kier molecular flexibility index (Phi) is 4.53. The fourth-order valence-electron chi connectivity index (χ4n) is 2.15. The summed E-state index contributed by atoms with van der Waals surface area (Å²) >= 11 is 13.2. The molecule has 21 heavy (non-hydrogen) atoms. The molecule has 0 aromatic heterocycles. The summed E-state index contributed by atoms with van der Waals surface area (Å²) in [6.45, 7) is 0. The SMILES string of the molecule is Clc1cccc(CBr)c1Oc1ccc2cc(Br)ccc2c1. The zero-order valence-corrected chi connectivity index (χ0v) is 14.9. The minimum Gasteiger partial charge on any atom is -0.455 e. The van der Waals surface area contributed by atoms with E-state index in [9.17, 15) is 0 Å². The molecule has 0 aliphatic rings. The summed E-state index contributed by atoms with van der Waals surface area (Å²) in [7, 11) is 0. The Morgan fingerprint density at radius 1 is 0.952 bits per heavy atom. The first kappa shape index (κ1) is 14.9. The lowest BCUT2D eigenvalue weighted by atomic mass is 10.1. The van der Waals surface area contributed by atoms with Crippen molar-refractivity contribution in [2.45, 2.75) is 5.33 Å². The van der Waals surface area contributed by atoms with Crippen molar-refractivity contribution in [3.8, 4) is 11.5 Å². The number of para-hydroxylation sites is 1. The maximum atomic E-state index is 6.25. The lowest BCUT2D eigenvalue weighted by molar-refractivity contribution is 0.479. The van der Waals surface area contributed by atoms with Gasteiger partial charge in [0.25, 0.3) is 0 Å². The average Bonchev–Trinajstić information content (AvgIpc) is 2.49. The van der Waals surface area contributed by atoms with Crippen LogP contribution in [0.3, 0.4) is 0 Å². The van der Waals surface area contributed by atoms with Gasteiger partial charge >= 0.3 is 0 Å². The Hall–Kier alpha value is -1.03. The molecule has 0 aliphatic carbocycles. The van der Waals surface area contributed by atoms with Gasteiger partial charge in [0.05, 0.1) is 5.02 Å². The number of hydrogen-bond donors (Lipinski definition) is 0. The van der Waals surface area contributed by atoms with Gasteiger partial charge in [-0.15, -0.1) is 0 Å². The molecule has 3 aromatic rings. The second-order valence-corrected chi connectivity index (χ2v) is 6.50. The third kappa shape index (κ3) is 3.25. The number of halogens is 3. The zero-order valence-electron chi connectivity index (χ0n) is 10.9. The average molecular weight is 427 g/mol. The van der Waals surface area contributed by atoms with Crippen molar-refractivity contribution in [1.29, 1.82) is 0 Å². The summed E-state index contributed by atoms with van der Waals surface area (Å²) in [5.41, 5.74) is 1.03. The quantitative estimate of drug-likeness (QED) is 0.412. The minimum absolute atomic E-state index is 0.614. The molecule has 4 heteroatoms. The molecule has 0 fully saturated rings. The first-order valence-corrected chi connectivity index (χ1v) is 8.67.